The number of aliphatic hydroxyl groups excluding tert-OH is 1. The predicted octanol–water partition coefficient (Wildman–Crippen LogP) is 7.34. The Labute approximate surface area is 212 Å². The summed E-state index contributed by atoms with van der Waals surface area (Å²) in [4.78, 5) is 26.1. The first-order valence-corrected chi connectivity index (χ1v) is 12.0. The molecule has 0 aliphatic heterocycles. The molecule has 1 atom stereocenters. The minimum absolute atomic E-state index is 0.215. The zero-order valence-corrected chi connectivity index (χ0v) is 20.0. The average Bonchev–Trinajstić information content (AvgIpc) is 2.94. The Hall–Kier alpha value is -4.34. The molecule has 4 rings (SSSR count). The number of hydrogen-bond acceptors (Lipinski definition) is 3. The molecule has 3 aromatic carbocycles. The molecule has 0 radical (unpaired) electrons. The summed E-state index contributed by atoms with van der Waals surface area (Å²) in [6.45, 7) is 0. The molecule has 0 fully saturated rings. The van der Waals surface area contributed by atoms with Gasteiger partial charge in [0.2, 0.25) is 0 Å². The van der Waals surface area contributed by atoms with Crippen molar-refractivity contribution in [3.05, 3.63) is 155 Å². The molecule has 0 heterocycles. The van der Waals surface area contributed by atoms with Crippen LogP contribution >= 0.6 is 0 Å². The Morgan fingerprint density at radius 1 is 0.750 bits per heavy atom. The van der Waals surface area contributed by atoms with Gasteiger partial charge in [0.25, 0.3) is 0 Å². The number of carbonyl (C=O) groups excluding carboxylic acids is 2. The van der Waals surface area contributed by atoms with Crippen molar-refractivity contribution < 1.29 is 14.7 Å². The number of ketones is 2. The van der Waals surface area contributed by atoms with Gasteiger partial charge in [0.15, 0.2) is 11.6 Å². The third-order valence-electron chi connectivity index (χ3n) is 5.86. The van der Waals surface area contributed by atoms with Gasteiger partial charge >= 0.3 is 0 Å². The van der Waals surface area contributed by atoms with Gasteiger partial charge in [-0.25, -0.2) is 0 Å². The minimum Gasteiger partial charge on any atom is -0.384 e. The lowest BCUT2D eigenvalue weighted by Gasteiger charge is -2.11. The maximum absolute atomic E-state index is 13.0. The van der Waals surface area contributed by atoms with Crippen LogP contribution in [-0.2, 0) is 0 Å². The number of aliphatic hydroxyl groups is 1. The largest absolute Gasteiger partial charge is 0.384 e. The van der Waals surface area contributed by atoms with Crippen molar-refractivity contribution in [1.29, 1.82) is 0 Å². The van der Waals surface area contributed by atoms with Crippen LogP contribution in [0.3, 0.4) is 0 Å². The highest BCUT2D eigenvalue weighted by atomic mass is 16.3. The van der Waals surface area contributed by atoms with Crippen LogP contribution in [0.1, 0.15) is 56.4 Å². The van der Waals surface area contributed by atoms with Crippen LogP contribution in [0.25, 0.3) is 12.2 Å². The van der Waals surface area contributed by atoms with E-state index in [2.05, 4.69) is 6.08 Å². The molecule has 1 aliphatic rings. The van der Waals surface area contributed by atoms with Crippen molar-refractivity contribution in [2.45, 2.75) is 18.9 Å². The first-order valence-electron chi connectivity index (χ1n) is 12.0. The summed E-state index contributed by atoms with van der Waals surface area (Å²) in [5, 5.41) is 10.9. The van der Waals surface area contributed by atoms with Gasteiger partial charge in [0, 0.05) is 11.1 Å². The summed E-state index contributed by atoms with van der Waals surface area (Å²) in [6, 6.07) is 24.1. The molecule has 3 aromatic rings. The summed E-state index contributed by atoms with van der Waals surface area (Å²) < 4.78 is 0. The fourth-order valence-electron chi connectivity index (χ4n) is 3.86. The topological polar surface area (TPSA) is 54.4 Å². The number of rotatable bonds is 9. The van der Waals surface area contributed by atoms with Crippen LogP contribution in [-0.4, -0.2) is 16.7 Å². The standard InChI is InChI=1S/C33H28O3/c34-31(19-16-25-10-4-1-5-11-25)28-22-29(32(35)20-17-26-12-6-2-7-13-26)24-30(23-28)33(36)21-18-27-14-8-3-9-15-27/h1-8,10-14,16-24,31,34H,9,15H2/b19-16+,20-17+,21-18+. The first-order chi connectivity index (χ1) is 17.6. The summed E-state index contributed by atoms with van der Waals surface area (Å²) >= 11 is 0. The second-order valence-electron chi connectivity index (χ2n) is 8.57. The molecule has 36 heavy (non-hydrogen) atoms. The van der Waals surface area contributed by atoms with E-state index in [1.165, 1.54) is 12.2 Å². The summed E-state index contributed by atoms with van der Waals surface area (Å²) in [7, 11) is 0. The molecular weight excluding hydrogens is 444 g/mol. The smallest absolute Gasteiger partial charge is 0.185 e. The Morgan fingerprint density at radius 2 is 1.33 bits per heavy atom. The Morgan fingerprint density at radius 3 is 1.92 bits per heavy atom. The molecule has 1 unspecified atom stereocenters. The summed E-state index contributed by atoms with van der Waals surface area (Å²) in [5.41, 5.74) is 4.13. The quantitative estimate of drug-likeness (QED) is 0.262. The van der Waals surface area contributed by atoms with Crippen molar-refractivity contribution in [2.24, 2.45) is 0 Å². The van der Waals surface area contributed by atoms with Crippen LogP contribution < -0.4 is 0 Å². The number of hydrogen-bond donors (Lipinski definition) is 1. The monoisotopic (exact) mass is 472 g/mol. The zero-order valence-electron chi connectivity index (χ0n) is 20.0. The van der Waals surface area contributed by atoms with Crippen molar-refractivity contribution in [1.82, 2.24) is 0 Å². The molecule has 178 valence electrons. The highest BCUT2D eigenvalue weighted by molar-refractivity contribution is 6.10. The van der Waals surface area contributed by atoms with Gasteiger partial charge in [-0.1, -0.05) is 103 Å². The molecule has 3 heteroatoms. The molecule has 1 N–H and O–H groups in total. The Bertz CT molecular complexity index is 1360. The summed E-state index contributed by atoms with van der Waals surface area (Å²) in [6.07, 6.45) is 17.0. The van der Waals surface area contributed by atoms with Crippen molar-refractivity contribution in [3.63, 3.8) is 0 Å². The van der Waals surface area contributed by atoms with Crippen molar-refractivity contribution in [3.8, 4) is 0 Å². The number of benzene rings is 3. The number of carbonyl (C=O) groups is 2. The molecule has 3 nitrogen and oxygen atoms in total. The Kier molecular flexibility index (Phi) is 8.53. The average molecular weight is 473 g/mol. The molecule has 0 amide bonds. The lowest BCUT2D eigenvalue weighted by molar-refractivity contribution is 0.104. The van der Waals surface area contributed by atoms with E-state index < -0.39 is 6.10 Å². The third kappa shape index (κ3) is 7.08. The van der Waals surface area contributed by atoms with Gasteiger partial charge in [0.1, 0.15) is 0 Å². The van der Waals surface area contributed by atoms with Crippen LogP contribution in [0.4, 0.5) is 0 Å². The van der Waals surface area contributed by atoms with Gasteiger partial charge in [-0.05, 0) is 65.5 Å². The SMILES string of the molecule is O=C(/C=C/C1=CC=CCC1)c1cc(C(=O)/C=C/c2ccccc2)cc(C(O)/C=C/c2ccccc2)c1. The lowest BCUT2D eigenvalue weighted by Crippen LogP contribution is -2.05. The van der Waals surface area contributed by atoms with Crippen LogP contribution in [0, 0.1) is 0 Å². The lowest BCUT2D eigenvalue weighted by atomic mass is 9.96. The Balaban J connectivity index is 1.63. The second-order valence-corrected chi connectivity index (χ2v) is 8.57. The minimum atomic E-state index is -0.974. The maximum Gasteiger partial charge on any atom is 0.185 e. The second kappa shape index (κ2) is 12.4. The van der Waals surface area contributed by atoms with Crippen LogP contribution in [0.5, 0.6) is 0 Å². The highest BCUT2D eigenvalue weighted by Crippen LogP contribution is 2.22. The van der Waals surface area contributed by atoms with Gasteiger partial charge in [-0.15, -0.1) is 0 Å². The first kappa shape index (κ1) is 24.8. The molecular formula is C33H28O3. The van der Waals surface area contributed by atoms with Gasteiger partial charge in [0.05, 0.1) is 6.10 Å². The molecule has 0 aromatic heterocycles. The van der Waals surface area contributed by atoms with Gasteiger partial charge in [-0.2, -0.15) is 0 Å². The van der Waals surface area contributed by atoms with E-state index in [1.54, 1.807) is 30.4 Å². The van der Waals surface area contributed by atoms with E-state index in [1.807, 2.05) is 85.0 Å². The van der Waals surface area contributed by atoms with Crippen molar-refractivity contribution >= 4 is 23.7 Å². The number of allylic oxidation sites excluding steroid dienone is 7. The molecule has 0 saturated heterocycles. The molecule has 1 aliphatic carbocycles. The van der Waals surface area contributed by atoms with E-state index in [4.69, 9.17) is 0 Å². The van der Waals surface area contributed by atoms with Gasteiger partial charge < -0.3 is 5.11 Å². The van der Waals surface area contributed by atoms with E-state index in [9.17, 15) is 14.7 Å². The maximum atomic E-state index is 13.0. The van der Waals surface area contributed by atoms with E-state index in [-0.39, 0.29) is 11.6 Å². The predicted molar refractivity (Wildman–Crippen MR) is 147 cm³/mol. The van der Waals surface area contributed by atoms with E-state index in [0.29, 0.717) is 16.7 Å². The van der Waals surface area contributed by atoms with Crippen LogP contribution in [0.2, 0.25) is 0 Å². The normalized spacial score (nSPS) is 14.4. The molecule has 0 bridgehead atoms. The highest BCUT2D eigenvalue weighted by Gasteiger charge is 2.14. The zero-order chi connectivity index (χ0) is 25.2. The summed E-state index contributed by atoms with van der Waals surface area (Å²) in [5.74, 6) is -0.453. The van der Waals surface area contributed by atoms with E-state index in [0.717, 1.165) is 29.5 Å². The van der Waals surface area contributed by atoms with E-state index >= 15 is 0 Å². The molecule has 0 saturated carbocycles. The van der Waals surface area contributed by atoms with Crippen LogP contribution in [0.15, 0.2) is 127 Å². The third-order valence-corrected chi connectivity index (χ3v) is 5.86. The fourth-order valence-corrected chi connectivity index (χ4v) is 3.86. The fraction of sp³-hybridized carbons (Fsp3) is 0.0909. The molecule has 0 spiro atoms. The van der Waals surface area contributed by atoms with Crippen molar-refractivity contribution in [2.75, 3.05) is 0 Å². The van der Waals surface area contributed by atoms with Gasteiger partial charge in [-0.3, -0.25) is 9.59 Å².